The Labute approximate surface area is 161 Å². The van der Waals surface area contributed by atoms with Gasteiger partial charge in [0.05, 0.1) is 18.0 Å². The summed E-state index contributed by atoms with van der Waals surface area (Å²) in [4.78, 5) is 11.8. The Bertz CT molecular complexity index is 718. The predicted molar refractivity (Wildman–Crippen MR) is 102 cm³/mol. The summed E-state index contributed by atoms with van der Waals surface area (Å²) >= 11 is 0. The van der Waals surface area contributed by atoms with Crippen LogP contribution in [0.25, 0.3) is 0 Å². The second kappa shape index (κ2) is 7.80. The molecular formula is C22H32O5. The van der Waals surface area contributed by atoms with Crippen LogP contribution in [0.3, 0.4) is 0 Å². The number of allylic oxidation sites excluding steroid dienone is 2. The van der Waals surface area contributed by atoms with Crippen LogP contribution in [0.2, 0.25) is 0 Å². The van der Waals surface area contributed by atoms with Crippen LogP contribution < -0.4 is 0 Å². The Morgan fingerprint density at radius 1 is 1.33 bits per heavy atom. The number of rotatable bonds is 1. The first-order chi connectivity index (χ1) is 12.7. The van der Waals surface area contributed by atoms with Crippen molar-refractivity contribution in [2.45, 2.75) is 90.6 Å². The standard InChI is InChI=1S/C22H32O5/c1-13-7-6-8-14(2)17-9-10-22(5,27-17)21(24)20(26-16(4)23)19-15(3)12-25-18(19)11-13/h7,12,14,17,20-21,24H,6,8-11H2,1-5H3/b13-7+/t14-,17?,20?,21+,22-/m1/s1. The molecule has 0 amide bonds. The van der Waals surface area contributed by atoms with E-state index in [-0.39, 0.29) is 6.10 Å². The van der Waals surface area contributed by atoms with Crippen LogP contribution in [0.5, 0.6) is 0 Å². The zero-order valence-electron chi connectivity index (χ0n) is 17.1. The topological polar surface area (TPSA) is 68.9 Å². The van der Waals surface area contributed by atoms with Gasteiger partial charge in [-0.15, -0.1) is 0 Å². The molecule has 27 heavy (non-hydrogen) atoms. The normalized spacial score (nSPS) is 36.6. The lowest BCUT2D eigenvalue weighted by molar-refractivity contribution is -0.177. The number of fused-ring (bicyclic) bond motifs is 3. The third-order valence-corrected chi connectivity index (χ3v) is 6.13. The van der Waals surface area contributed by atoms with Gasteiger partial charge in [0.15, 0.2) is 6.10 Å². The van der Waals surface area contributed by atoms with Crippen molar-refractivity contribution in [3.05, 3.63) is 34.8 Å². The van der Waals surface area contributed by atoms with E-state index in [1.165, 1.54) is 12.5 Å². The SMILES string of the molecule is CC(=O)OC1c2c(C)coc2C/C(C)=C/CC[C@@H](C)C2CC[C@@](C)(O2)[C@H]1O. The molecule has 0 spiro atoms. The summed E-state index contributed by atoms with van der Waals surface area (Å²) in [6.45, 7) is 9.53. The van der Waals surface area contributed by atoms with Gasteiger partial charge in [0.2, 0.25) is 0 Å². The van der Waals surface area contributed by atoms with Gasteiger partial charge >= 0.3 is 5.97 Å². The fraction of sp³-hybridized carbons (Fsp3) is 0.682. The van der Waals surface area contributed by atoms with E-state index in [2.05, 4.69) is 19.9 Å². The van der Waals surface area contributed by atoms with Gasteiger partial charge in [-0.1, -0.05) is 18.6 Å². The maximum atomic E-state index is 11.8. The number of furan rings is 1. The molecule has 150 valence electrons. The molecule has 3 heterocycles. The van der Waals surface area contributed by atoms with Crippen molar-refractivity contribution in [2.75, 3.05) is 0 Å². The van der Waals surface area contributed by atoms with Crippen molar-refractivity contribution in [1.29, 1.82) is 0 Å². The van der Waals surface area contributed by atoms with Crippen molar-refractivity contribution in [2.24, 2.45) is 5.92 Å². The van der Waals surface area contributed by atoms with Crippen LogP contribution in [-0.2, 0) is 20.7 Å². The van der Waals surface area contributed by atoms with E-state index in [4.69, 9.17) is 13.9 Å². The van der Waals surface area contributed by atoms with Crippen molar-refractivity contribution >= 4 is 5.97 Å². The first kappa shape index (κ1) is 20.2. The molecule has 2 aliphatic heterocycles. The fourth-order valence-corrected chi connectivity index (χ4v) is 4.42. The van der Waals surface area contributed by atoms with Gasteiger partial charge in [-0.25, -0.2) is 0 Å². The highest BCUT2D eigenvalue weighted by Gasteiger charge is 2.48. The molecule has 5 heteroatoms. The third-order valence-electron chi connectivity index (χ3n) is 6.13. The number of esters is 1. The van der Waals surface area contributed by atoms with Gasteiger partial charge in [-0.3, -0.25) is 4.79 Å². The van der Waals surface area contributed by atoms with Crippen LogP contribution in [-0.4, -0.2) is 28.9 Å². The number of aryl methyl sites for hydroxylation is 1. The lowest BCUT2D eigenvalue weighted by Crippen LogP contribution is -2.45. The molecule has 1 N–H and O–H groups in total. The second-order valence-electron chi connectivity index (χ2n) is 8.52. The number of carbonyl (C=O) groups is 1. The Morgan fingerprint density at radius 2 is 2.07 bits per heavy atom. The van der Waals surface area contributed by atoms with E-state index >= 15 is 0 Å². The van der Waals surface area contributed by atoms with Crippen molar-refractivity contribution in [3.63, 3.8) is 0 Å². The number of aliphatic hydroxyl groups is 1. The molecule has 1 fully saturated rings. The maximum Gasteiger partial charge on any atom is 0.303 e. The molecule has 1 saturated heterocycles. The molecule has 0 aromatic carbocycles. The molecule has 1 aromatic rings. The minimum atomic E-state index is -0.960. The zero-order chi connectivity index (χ0) is 19.8. The number of ether oxygens (including phenoxy) is 2. The highest BCUT2D eigenvalue weighted by molar-refractivity contribution is 5.66. The summed E-state index contributed by atoms with van der Waals surface area (Å²) in [6, 6.07) is 0. The number of hydrogen-bond acceptors (Lipinski definition) is 5. The summed E-state index contributed by atoms with van der Waals surface area (Å²) in [7, 11) is 0. The van der Waals surface area contributed by atoms with E-state index in [1.807, 2.05) is 13.8 Å². The number of aliphatic hydroxyl groups excluding tert-OH is 1. The molecule has 2 unspecified atom stereocenters. The molecule has 2 bridgehead atoms. The van der Waals surface area contributed by atoms with E-state index in [9.17, 15) is 9.90 Å². The quantitative estimate of drug-likeness (QED) is 0.581. The average Bonchev–Trinajstić information content (AvgIpc) is 3.16. The van der Waals surface area contributed by atoms with E-state index in [0.29, 0.717) is 12.3 Å². The molecule has 0 aliphatic carbocycles. The van der Waals surface area contributed by atoms with Crippen molar-refractivity contribution < 1.29 is 23.8 Å². The van der Waals surface area contributed by atoms with Crippen LogP contribution >= 0.6 is 0 Å². The summed E-state index contributed by atoms with van der Waals surface area (Å²) in [5.74, 6) is 0.736. The van der Waals surface area contributed by atoms with Gasteiger partial charge in [0.25, 0.3) is 0 Å². The smallest absolute Gasteiger partial charge is 0.303 e. The van der Waals surface area contributed by atoms with Crippen LogP contribution in [0.15, 0.2) is 22.3 Å². The van der Waals surface area contributed by atoms with Gasteiger partial charge in [0, 0.05) is 18.9 Å². The molecule has 5 nitrogen and oxygen atoms in total. The van der Waals surface area contributed by atoms with Crippen LogP contribution in [0, 0.1) is 12.8 Å². The number of hydrogen-bond donors (Lipinski definition) is 1. The first-order valence-electron chi connectivity index (χ1n) is 9.97. The molecular weight excluding hydrogens is 344 g/mol. The van der Waals surface area contributed by atoms with E-state index in [0.717, 1.165) is 42.6 Å². The van der Waals surface area contributed by atoms with Gasteiger partial charge in [-0.05, 0) is 57.9 Å². The van der Waals surface area contributed by atoms with Crippen molar-refractivity contribution in [3.8, 4) is 0 Å². The van der Waals surface area contributed by atoms with Crippen LogP contribution in [0.4, 0.5) is 0 Å². The molecule has 3 rings (SSSR count). The van der Waals surface area contributed by atoms with Gasteiger partial charge in [-0.2, -0.15) is 0 Å². The van der Waals surface area contributed by atoms with E-state index < -0.39 is 23.8 Å². The summed E-state index contributed by atoms with van der Waals surface area (Å²) < 4.78 is 17.8. The summed E-state index contributed by atoms with van der Waals surface area (Å²) in [5, 5.41) is 11.3. The summed E-state index contributed by atoms with van der Waals surface area (Å²) in [6.07, 6.45) is 6.61. The Kier molecular flexibility index (Phi) is 5.82. The minimum Gasteiger partial charge on any atom is -0.468 e. The first-order valence-corrected chi connectivity index (χ1v) is 9.97. The third kappa shape index (κ3) is 4.14. The molecule has 0 saturated carbocycles. The van der Waals surface area contributed by atoms with Crippen molar-refractivity contribution in [1.82, 2.24) is 0 Å². The Morgan fingerprint density at radius 3 is 2.78 bits per heavy atom. The minimum absolute atomic E-state index is 0.113. The molecule has 0 radical (unpaired) electrons. The van der Waals surface area contributed by atoms with Crippen LogP contribution in [0.1, 0.15) is 76.4 Å². The zero-order valence-corrected chi connectivity index (χ0v) is 17.1. The average molecular weight is 376 g/mol. The largest absolute Gasteiger partial charge is 0.468 e. The Balaban J connectivity index is 2.06. The predicted octanol–water partition coefficient (Wildman–Crippen LogP) is 4.41. The van der Waals surface area contributed by atoms with E-state index in [1.54, 1.807) is 6.26 Å². The maximum absolute atomic E-state index is 11.8. The lowest BCUT2D eigenvalue weighted by atomic mass is 9.86. The molecule has 2 aliphatic rings. The van der Waals surface area contributed by atoms with Gasteiger partial charge < -0.3 is 19.0 Å². The molecule has 1 aromatic heterocycles. The van der Waals surface area contributed by atoms with Gasteiger partial charge in [0.1, 0.15) is 11.9 Å². The summed E-state index contributed by atoms with van der Waals surface area (Å²) in [5.41, 5.74) is 2.11. The molecule has 5 atom stereocenters. The number of carbonyl (C=O) groups excluding carboxylic acids is 1. The monoisotopic (exact) mass is 376 g/mol. The Hall–Kier alpha value is -1.59. The second-order valence-corrected chi connectivity index (χ2v) is 8.52. The highest BCUT2D eigenvalue weighted by atomic mass is 16.6. The lowest BCUT2D eigenvalue weighted by Gasteiger charge is -2.36. The highest BCUT2D eigenvalue weighted by Crippen LogP contribution is 2.43. The fourth-order valence-electron chi connectivity index (χ4n) is 4.42.